The van der Waals surface area contributed by atoms with Crippen molar-refractivity contribution in [2.45, 2.75) is 98.1 Å². The number of methoxy groups -OCH3 is 2. The van der Waals surface area contributed by atoms with Gasteiger partial charge >= 0.3 is 5.82 Å². The lowest BCUT2D eigenvalue weighted by molar-refractivity contribution is -0.759. The summed E-state index contributed by atoms with van der Waals surface area (Å²) >= 11 is 0. The van der Waals surface area contributed by atoms with Gasteiger partial charge in [0.1, 0.15) is 13.2 Å². The zero-order valence-corrected chi connectivity index (χ0v) is 22.6. The van der Waals surface area contributed by atoms with Crippen LogP contribution in [0.25, 0.3) is 0 Å². The number of unbranched alkanes of at least 4 members (excludes halogenated alkanes) is 2. The molecular formula is C22H48N5O4P. The Balaban J connectivity index is 0.000000809. The number of ether oxygens (including phenoxy) is 2. The molecule has 0 aromatic carbocycles. The van der Waals surface area contributed by atoms with Gasteiger partial charge in [-0.05, 0) is 50.9 Å². The molecule has 0 spiro atoms. The summed E-state index contributed by atoms with van der Waals surface area (Å²) in [6, 6.07) is 0. The van der Waals surface area contributed by atoms with E-state index in [-0.39, 0.29) is 0 Å². The summed E-state index contributed by atoms with van der Waals surface area (Å²) in [5, 5.41) is 8.32. The molecule has 1 unspecified atom stereocenters. The van der Waals surface area contributed by atoms with Crippen LogP contribution in [0.5, 0.6) is 0 Å². The van der Waals surface area contributed by atoms with Gasteiger partial charge < -0.3 is 18.9 Å². The maximum absolute atomic E-state index is 10.9. The quantitative estimate of drug-likeness (QED) is 0.163. The van der Waals surface area contributed by atoms with Crippen LogP contribution in [0.15, 0.2) is 0 Å². The number of aryl methyl sites for hydroxylation is 2. The van der Waals surface area contributed by atoms with Crippen LogP contribution < -0.4 is 20.3 Å². The van der Waals surface area contributed by atoms with E-state index >= 15 is 0 Å². The summed E-state index contributed by atoms with van der Waals surface area (Å²) in [5.74, 6) is 2.48. The lowest BCUT2D eigenvalue weighted by Crippen LogP contribution is -2.42. The van der Waals surface area contributed by atoms with Crippen molar-refractivity contribution in [2.24, 2.45) is 0 Å². The maximum Gasteiger partial charge on any atom is 0.302 e. The summed E-state index contributed by atoms with van der Waals surface area (Å²) in [5.41, 5.74) is 2.05. The van der Waals surface area contributed by atoms with E-state index < -0.39 is 12.9 Å². The second-order valence-electron chi connectivity index (χ2n) is 8.08. The highest BCUT2D eigenvalue weighted by molar-refractivity contribution is 7.57. The van der Waals surface area contributed by atoms with Crippen LogP contribution in [0.2, 0.25) is 0 Å². The molecule has 1 heterocycles. The first kappa shape index (κ1) is 31.0. The van der Waals surface area contributed by atoms with E-state index in [1.807, 2.05) is 0 Å². The van der Waals surface area contributed by atoms with Crippen LogP contribution in [0.3, 0.4) is 0 Å². The van der Waals surface area contributed by atoms with Gasteiger partial charge in [0.25, 0.3) is 5.82 Å². The first-order valence-corrected chi connectivity index (χ1v) is 14.1. The lowest BCUT2D eigenvalue weighted by Gasteiger charge is -2.36. The molecule has 1 rings (SSSR count). The molecule has 0 radical (unpaired) electrons. The van der Waals surface area contributed by atoms with Crippen molar-refractivity contribution in [2.75, 3.05) is 39.5 Å². The average molecular weight is 478 g/mol. The first-order chi connectivity index (χ1) is 15.1. The Labute approximate surface area is 195 Å². The Morgan fingerprint density at radius 2 is 1.66 bits per heavy atom. The maximum atomic E-state index is 10.9. The van der Waals surface area contributed by atoms with Gasteiger partial charge in [-0.2, -0.15) is 0 Å². The van der Waals surface area contributed by atoms with Gasteiger partial charge in [-0.15, -0.1) is 9.36 Å². The molecule has 32 heavy (non-hydrogen) atoms. The van der Waals surface area contributed by atoms with Crippen molar-refractivity contribution in [3.8, 4) is 0 Å². The van der Waals surface area contributed by atoms with Crippen LogP contribution in [0.1, 0.15) is 84.8 Å². The largest absolute Gasteiger partial charge is 0.796 e. The average Bonchev–Trinajstić information content (AvgIpc) is 3.07. The fraction of sp³-hybridized carbons (Fsp3) is 0.909. The number of nitrogens with zero attached hydrogens (tertiary/aromatic N) is 3. The first-order valence-electron chi connectivity index (χ1n) is 12.0. The minimum atomic E-state index is -3.58. The van der Waals surface area contributed by atoms with Crippen LogP contribution in [-0.2, 0) is 33.4 Å². The van der Waals surface area contributed by atoms with Crippen molar-refractivity contribution in [1.29, 1.82) is 0 Å². The van der Waals surface area contributed by atoms with Gasteiger partial charge in [-0.25, -0.2) is 5.43 Å². The summed E-state index contributed by atoms with van der Waals surface area (Å²) in [6.07, 6.45) is 9.23. The molecule has 1 atom stereocenters. The zero-order chi connectivity index (χ0) is 24.6. The highest BCUT2D eigenvalue weighted by Crippen LogP contribution is 2.47. The van der Waals surface area contributed by atoms with Gasteiger partial charge in [0, 0.05) is 20.6 Å². The smallest absolute Gasteiger partial charge is 0.302 e. The molecule has 190 valence electrons. The number of aromatic nitrogens is 3. The van der Waals surface area contributed by atoms with Crippen molar-refractivity contribution >= 4 is 7.37 Å². The lowest BCUT2D eigenvalue weighted by atomic mass is 10.3. The monoisotopic (exact) mass is 477 g/mol. The predicted octanol–water partition coefficient (Wildman–Crippen LogP) is 2.99. The van der Waals surface area contributed by atoms with Gasteiger partial charge in [0.2, 0.25) is 5.53 Å². The summed E-state index contributed by atoms with van der Waals surface area (Å²) in [4.78, 5) is 10.9. The molecule has 0 fully saturated rings. The highest BCUT2D eigenvalue weighted by Gasteiger charge is 2.31. The Kier molecular flexibility index (Phi) is 16.1. The van der Waals surface area contributed by atoms with E-state index in [9.17, 15) is 9.46 Å². The van der Waals surface area contributed by atoms with Crippen LogP contribution in [-0.4, -0.2) is 49.4 Å². The molecular weight excluding hydrogens is 429 g/mol. The molecule has 0 saturated heterocycles. The fourth-order valence-electron chi connectivity index (χ4n) is 2.97. The highest BCUT2D eigenvalue weighted by atomic mass is 31.2. The van der Waals surface area contributed by atoms with Crippen molar-refractivity contribution in [3.05, 3.63) is 11.6 Å². The van der Waals surface area contributed by atoms with Crippen molar-refractivity contribution < 1.29 is 23.6 Å². The zero-order valence-electron chi connectivity index (χ0n) is 21.7. The molecule has 0 aliphatic heterocycles. The second-order valence-corrected chi connectivity index (χ2v) is 10.6. The standard InChI is InChI=1S/C17H36N5.C5H13O4P/c1-5-9-13-18-15-19-22-16(11-7-3)20-21(14-10-6-2)17(22)12-8-4;1-5(8-2,9-3)10(4,6)7/h18-19H,5-15H2,1-4H3;1-4H3,(H,6,7)/q+1;/p-1. The summed E-state index contributed by atoms with van der Waals surface area (Å²) in [6.45, 7) is 14.3. The van der Waals surface area contributed by atoms with E-state index in [0.717, 1.165) is 52.1 Å². The Hall–Kier alpha value is -0.990. The van der Waals surface area contributed by atoms with Gasteiger partial charge in [0.15, 0.2) is 0 Å². The Morgan fingerprint density at radius 3 is 2.09 bits per heavy atom. The number of hydrogen-bond acceptors (Lipinski definition) is 7. The van der Waals surface area contributed by atoms with Crippen molar-refractivity contribution in [3.63, 3.8) is 0 Å². The molecule has 1 aromatic heterocycles. The van der Waals surface area contributed by atoms with Gasteiger partial charge in [0.05, 0.1) is 13.8 Å². The van der Waals surface area contributed by atoms with Gasteiger partial charge in [-0.1, -0.05) is 40.5 Å². The molecule has 0 bridgehead atoms. The van der Waals surface area contributed by atoms with E-state index in [1.165, 1.54) is 58.5 Å². The SMILES string of the molecule is CCCCNCNn1c(CCC)n[n+](CCCC)c1CCC.COC(C)(OC)P(C)(=O)[O-]. The molecule has 1 aromatic rings. The van der Waals surface area contributed by atoms with E-state index in [1.54, 1.807) is 0 Å². The third-order valence-corrected chi connectivity index (χ3v) is 7.13. The second kappa shape index (κ2) is 16.6. The minimum absolute atomic E-state index is 0.803. The molecule has 0 amide bonds. The topological polar surface area (TPSA) is 104 Å². The summed E-state index contributed by atoms with van der Waals surface area (Å²) < 4.78 is 24.7. The van der Waals surface area contributed by atoms with E-state index in [2.05, 4.69) is 57.3 Å². The normalized spacial score (nSPS) is 13.4. The molecule has 2 N–H and O–H groups in total. The third-order valence-electron chi connectivity index (χ3n) is 5.29. The molecule has 0 aliphatic rings. The third kappa shape index (κ3) is 10.3. The molecule has 0 saturated carbocycles. The fourth-order valence-corrected chi connectivity index (χ4v) is 3.63. The van der Waals surface area contributed by atoms with Gasteiger partial charge in [-0.3, -0.25) is 5.32 Å². The number of hydrogen-bond donors (Lipinski definition) is 2. The van der Waals surface area contributed by atoms with Crippen LogP contribution in [0.4, 0.5) is 0 Å². The summed E-state index contributed by atoms with van der Waals surface area (Å²) in [7, 11) is -1.00. The number of rotatable bonds is 16. The minimum Gasteiger partial charge on any atom is -0.796 e. The van der Waals surface area contributed by atoms with Crippen LogP contribution in [0, 0.1) is 0 Å². The Bertz CT molecular complexity index is 659. The van der Waals surface area contributed by atoms with Crippen LogP contribution >= 0.6 is 7.37 Å². The van der Waals surface area contributed by atoms with E-state index in [4.69, 9.17) is 5.10 Å². The van der Waals surface area contributed by atoms with Crippen molar-refractivity contribution in [1.82, 2.24) is 15.1 Å². The predicted molar refractivity (Wildman–Crippen MR) is 128 cm³/mol. The van der Waals surface area contributed by atoms with E-state index in [0.29, 0.717) is 0 Å². The molecule has 0 aliphatic carbocycles. The molecule has 9 nitrogen and oxygen atoms in total. The molecule has 10 heteroatoms. The Morgan fingerprint density at radius 1 is 1.06 bits per heavy atom. The number of nitrogens with one attached hydrogen (secondary N) is 2.